The average Bonchev–Trinajstić information content (AvgIpc) is 1.65. The Kier molecular flexibility index (Phi) is 2.99. The number of amides is 2. The highest BCUT2D eigenvalue weighted by atomic mass is 16.2. The molecule has 0 saturated carbocycles. The van der Waals surface area contributed by atoms with Crippen molar-refractivity contribution in [2.75, 3.05) is 0 Å². The fourth-order valence-electron chi connectivity index (χ4n) is 0.345. The van der Waals surface area contributed by atoms with Crippen molar-refractivity contribution in [3.05, 3.63) is 0 Å². The SMILES string of the molecule is CCC(C)NC(N)=O. The number of carbonyl (C=O) groups is 1. The van der Waals surface area contributed by atoms with Crippen molar-refractivity contribution in [2.45, 2.75) is 26.3 Å². The summed E-state index contributed by atoms with van der Waals surface area (Å²) in [5.41, 5.74) is 4.82. The minimum absolute atomic E-state index is 0.201. The maximum absolute atomic E-state index is 10.1. The van der Waals surface area contributed by atoms with Crippen LogP contribution in [0.15, 0.2) is 0 Å². The van der Waals surface area contributed by atoms with E-state index in [-0.39, 0.29) is 6.04 Å². The van der Waals surface area contributed by atoms with Gasteiger partial charge < -0.3 is 11.1 Å². The van der Waals surface area contributed by atoms with Gasteiger partial charge in [-0.1, -0.05) is 6.92 Å². The van der Waals surface area contributed by atoms with E-state index in [2.05, 4.69) is 5.32 Å². The third-order valence-corrected chi connectivity index (χ3v) is 1.00. The average molecular weight is 116 g/mol. The smallest absolute Gasteiger partial charge is 0.312 e. The summed E-state index contributed by atoms with van der Waals surface area (Å²) < 4.78 is 0. The second-order valence-corrected chi connectivity index (χ2v) is 1.82. The summed E-state index contributed by atoms with van der Waals surface area (Å²) in [6.07, 6.45) is 0.920. The summed E-state index contributed by atoms with van der Waals surface area (Å²) in [5.74, 6) is 0. The molecule has 2 amide bonds. The minimum Gasteiger partial charge on any atom is -0.352 e. The van der Waals surface area contributed by atoms with Crippen LogP contribution in [0.2, 0.25) is 0 Å². The third kappa shape index (κ3) is 3.46. The maximum Gasteiger partial charge on any atom is 0.312 e. The van der Waals surface area contributed by atoms with Crippen LogP contribution in [0.3, 0.4) is 0 Å². The van der Waals surface area contributed by atoms with Crippen molar-refractivity contribution >= 4 is 6.03 Å². The van der Waals surface area contributed by atoms with E-state index < -0.39 is 6.03 Å². The first-order valence-corrected chi connectivity index (χ1v) is 2.72. The monoisotopic (exact) mass is 116 g/mol. The van der Waals surface area contributed by atoms with Crippen molar-refractivity contribution in [1.29, 1.82) is 0 Å². The van der Waals surface area contributed by atoms with Crippen LogP contribution in [-0.4, -0.2) is 12.1 Å². The quantitative estimate of drug-likeness (QED) is 0.540. The minimum atomic E-state index is -0.445. The molecule has 0 aromatic rings. The molecule has 0 spiro atoms. The van der Waals surface area contributed by atoms with Crippen molar-refractivity contribution in [1.82, 2.24) is 5.32 Å². The van der Waals surface area contributed by atoms with Gasteiger partial charge in [0, 0.05) is 6.04 Å². The lowest BCUT2D eigenvalue weighted by atomic mass is 10.3. The summed E-state index contributed by atoms with van der Waals surface area (Å²) in [7, 11) is 0. The summed E-state index contributed by atoms with van der Waals surface area (Å²) >= 11 is 0. The molecule has 3 heteroatoms. The molecule has 1 unspecified atom stereocenters. The van der Waals surface area contributed by atoms with E-state index in [0.717, 1.165) is 6.42 Å². The molecule has 1 atom stereocenters. The van der Waals surface area contributed by atoms with Crippen molar-refractivity contribution in [3.63, 3.8) is 0 Å². The first-order chi connectivity index (χ1) is 3.66. The van der Waals surface area contributed by atoms with Crippen LogP contribution in [0.5, 0.6) is 0 Å². The van der Waals surface area contributed by atoms with Gasteiger partial charge in [0.2, 0.25) is 0 Å². The first kappa shape index (κ1) is 7.27. The molecule has 0 aliphatic heterocycles. The number of carbonyl (C=O) groups excluding carboxylic acids is 1. The van der Waals surface area contributed by atoms with E-state index in [9.17, 15) is 4.79 Å². The maximum atomic E-state index is 10.1. The van der Waals surface area contributed by atoms with Gasteiger partial charge in [0.15, 0.2) is 0 Å². The van der Waals surface area contributed by atoms with Gasteiger partial charge in [-0.15, -0.1) is 0 Å². The number of nitrogens with one attached hydrogen (secondary N) is 1. The number of nitrogens with two attached hydrogens (primary N) is 1. The standard InChI is InChI=1S/C5H12N2O/c1-3-4(2)7-5(6)8/h4H,3H2,1-2H3,(H3,6,7,8). The van der Waals surface area contributed by atoms with Gasteiger partial charge in [-0.25, -0.2) is 4.79 Å². The first-order valence-electron chi connectivity index (χ1n) is 2.72. The highest BCUT2D eigenvalue weighted by Gasteiger charge is 1.97. The van der Waals surface area contributed by atoms with Crippen LogP contribution in [0.4, 0.5) is 4.79 Å². The van der Waals surface area contributed by atoms with E-state index in [1.165, 1.54) is 0 Å². The van der Waals surface area contributed by atoms with Crippen molar-refractivity contribution < 1.29 is 4.79 Å². The van der Waals surface area contributed by atoms with Gasteiger partial charge in [-0.05, 0) is 13.3 Å². The largest absolute Gasteiger partial charge is 0.352 e. The molecule has 0 fully saturated rings. The van der Waals surface area contributed by atoms with Gasteiger partial charge in [0.1, 0.15) is 0 Å². The normalized spacial score (nSPS) is 12.8. The van der Waals surface area contributed by atoms with Crippen LogP contribution in [0, 0.1) is 0 Å². The molecule has 0 radical (unpaired) electrons. The Hall–Kier alpha value is -0.730. The lowest BCUT2D eigenvalue weighted by Crippen LogP contribution is -2.36. The van der Waals surface area contributed by atoms with Crippen LogP contribution in [-0.2, 0) is 0 Å². The Labute approximate surface area is 49.3 Å². The summed E-state index contributed by atoms with van der Waals surface area (Å²) in [4.78, 5) is 10.1. The fourth-order valence-corrected chi connectivity index (χ4v) is 0.345. The molecule has 0 aliphatic carbocycles. The van der Waals surface area contributed by atoms with Crippen LogP contribution >= 0.6 is 0 Å². The molecule has 8 heavy (non-hydrogen) atoms. The van der Waals surface area contributed by atoms with E-state index in [0.29, 0.717) is 0 Å². The molecule has 3 N–H and O–H groups in total. The second-order valence-electron chi connectivity index (χ2n) is 1.82. The molecule has 0 rings (SSSR count). The molecular weight excluding hydrogens is 104 g/mol. The highest BCUT2D eigenvalue weighted by molar-refractivity contribution is 5.71. The van der Waals surface area contributed by atoms with Crippen molar-refractivity contribution in [3.8, 4) is 0 Å². The van der Waals surface area contributed by atoms with Crippen molar-refractivity contribution in [2.24, 2.45) is 5.73 Å². The van der Waals surface area contributed by atoms with Crippen LogP contribution in [0.25, 0.3) is 0 Å². The topological polar surface area (TPSA) is 55.1 Å². The molecule has 48 valence electrons. The number of urea groups is 1. The Morgan fingerprint density at radius 1 is 1.88 bits per heavy atom. The molecule has 3 nitrogen and oxygen atoms in total. The number of primary amides is 1. The van der Waals surface area contributed by atoms with Crippen LogP contribution < -0.4 is 11.1 Å². The molecule has 0 bridgehead atoms. The van der Waals surface area contributed by atoms with E-state index in [4.69, 9.17) is 5.73 Å². The Morgan fingerprint density at radius 2 is 2.38 bits per heavy atom. The third-order valence-electron chi connectivity index (χ3n) is 1.00. The van der Waals surface area contributed by atoms with Gasteiger partial charge >= 0.3 is 6.03 Å². The van der Waals surface area contributed by atoms with E-state index in [1.807, 2.05) is 13.8 Å². The highest BCUT2D eigenvalue weighted by Crippen LogP contribution is 1.84. The van der Waals surface area contributed by atoms with Crippen LogP contribution in [0.1, 0.15) is 20.3 Å². The Morgan fingerprint density at radius 3 is 2.50 bits per heavy atom. The zero-order valence-corrected chi connectivity index (χ0v) is 5.27. The lowest BCUT2D eigenvalue weighted by Gasteiger charge is -2.06. The molecular formula is C5H12N2O. The van der Waals surface area contributed by atoms with Gasteiger partial charge in [-0.2, -0.15) is 0 Å². The predicted molar refractivity (Wildman–Crippen MR) is 32.5 cm³/mol. The molecule has 0 aliphatic rings. The molecule has 0 aromatic heterocycles. The lowest BCUT2D eigenvalue weighted by molar-refractivity contribution is 0.245. The van der Waals surface area contributed by atoms with E-state index >= 15 is 0 Å². The Balaban J connectivity index is 3.24. The van der Waals surface area contributed by atoms with Gasteiger partial charge in [0.05, 0.1) is 0 Å². The zero-order chi connectivity index (χ0) is 6.57. The number of hydrogen-bond donors (Lipinski definition) is 2. The summed E-state index contributed by atoms with van der Waals surface area (Å²) in [5, 5.41) is 2.53. The predicted octanol–water partition coefficient (Wildman–Crippen LogP) is 0.453. The van der Waals surface area contributed by atoms with Gasteiger partial charge in [0.25, 0.3) is 0 Å². The van der Waals surface area contributed by atoms with Gasteiger partial charge in [-0.3, -0.25) is 0 Å². The summed E-state index contributed by atoms with van der Waals surface area (Å²) in [6, 6.07) is -0.244. The second kappa shape index (κ2) is 3.29. The summed E-state index contributed by atoms with van der Waals surface area (Å²) in [6.45, 7) is 3.89. The molecule has 0 aromatic carbocycles. The molecule has 0 saturated heterocycles. The fraction of sp³-hybridized carbons (Fsp3) is 0.800. The zero-order valence-electron chi connectivity index (χ0n) is 5.27. The Bertz CT molecular complexity index is 82.5. The van der Waals surface area contributed by atoms with E-state index in [1.54, 1.807) is 0 Å². The number of rotatable bonds is 2. The molecule has 0 heterocycles. The number of hydrogen-bond acceptors (Lipinski definition) is 1.